The molecule has 0 bridgehead atoms. The Morgan fingerprint density at radius 1 is 1.47 bits per heavy atom. The summed E-state index contributed by atoms with van der Waals surface area (Å²) in [5.41, 5.74) is 0.0905. The highest BCUT2D eigenvalue weighted by molar-refractivity contribution is 9.10. The van der Waals surface area contributed by atoms with Gasteiger partial charge in [-0.1, -0.05) is 15.9 Å². The lowest BCUT2D eigenvalue weighted by molar-refractivity contribution is -0.384. The maximum atomic E-state index is 10.8. The van der Waals surface area contributed by atoms with Gasteiger partial charge in [0.2, 0.25) is 9.05 Å². The van der Waals surface area contributed by atoms with Crippen LogP contribution in [0.2, 0.25) is 0 Å². The summed E-state index contributed by atoms with van der Waals surface area (Å²) in [6.07, 6.45) is 0. The van der Waals surface area contributed by atoms with Crippen LogP contribution in [0, 0.1) is 10.1 Å². The summed E-state index contributed by atoms with van der Waals surface area (Å²) >= 11 is 3.09. The Balaban J connectivity index is 3.17. The first-order valence-corrected chi connectivity index (χ1v) is 6.92. The Labute approximate surface area is 98.7 Å². The topological polar surface area (TPSA) is 77.3 Å². The standard InChI is InChI=1S/C7H5BrClNO4S/c8-7-2-1-6(10(11)12)3-5(7)4-15(9,13)14/h1-3H,4H2. The van der Waals surface area contributed by atoms with Gasteiger partial charge < -0.3 is 0 Å². The van der Waals surface area contributed by atoms with Gasteiger partial charge in [-0.15, -0.1) is 0 Å². The second-order valence-electron chi connectivity index (χ2n) is 2.72. The van der Waals surface area contributed by atoms with Crippen LogP contribution in [0.3, 0.4) is 0 Å². The van der Waals surface area contributed by atoms with Crippen LogP contribution < -0.4 is 0 Å². The zero-order valence-electron chi connectivity index (χ0n) is 7.18. The molecule has 0 saturated carbocycles. The van der Waals surface area contributed by atoms with Crippen molar-refractivity contribution >= 4 is 41.4 Å². The van der Waals surface area contributed by atoms with Crippen molar-refractivity contribution < 1.29 is 13.3 Å². The van der Waals surface area contributed by atoms with Gasteiger partial charge in [0, 0.05) is 27.3 Å². The highest BCUT2D eigenvalue weighted by Crippen LogP contribution is 2.25. The molecule has 0 radical (unpaired) electrons. The van der Waals surface area contributed by atoms with Crippen molar-refractivity contribution in [3.8, 4) is 0 Å². The number of nitrogens with zero attached hydrogens (tertiary/aromatic N) is 1. The number of nitro groups is 1. The van der Waals surface area contributed by atoms with Crippen LogP contribution in [-0.2, 0) is 14.8 Å². The Bertz CT molecular complexity index is 502. The maximum Gasteiger partial charge on any atom is 0.269 e. The molecule has 0 spiro atoms. The summed E-state index contributed by atoms with van der Waals surface area (Å²) in [5.74, 6) is -0.448. The molecule has 1 aromatic carbocycles. The van der Waals surface area contributed by atoms with Gasteiger partial charge in [0.1, 0.15) is 0 Å². The molecular formula is C7H5BrClNO4S. The summed E-state index contributed by atoms with van der Waals surface area (Å²) in [7, 11) is 1.33. The monoisotopic (exact) mass is 313 g/mol. The van der Waals surface area contributed by atoms with Crippen molar-refractivity contribution in [1.82, 2.24) is 0 Å². The van der Waals surface area contributed by atoms with Crippen LogP contribution in [-0.4, -0.2) is 13.3 Å². The van der Waals surface area contributed by atoms with Gasteiger partial charge in [0.25, 0.3) is 5.69 Å². The molecule has 82 valence electrons. The SMILES string of the molecule is O=[N+]([O-])c1ccc(Br)c(CS(=O)(=O)Cl)c1. The first-order valence-electron chi connectivity index (χ1n) is 3.65. The minimum Gasteiger partial charge on any atom is -0.258 e. The molecule has 0 saturated heterocycles. The molecule has 0 fully saturated rings. The molecule has 1 aromatic rings. The van der Waals surface area contributed by atoms with Gasteiger partial charge in [-0.25, -0.2) is 8.42 Å². The van der Waals surface area contributed by atoms with Crippen LogP contribution in [0.15, 0.2) is 22.7 Å². The quantitative estimate of drug-likeness (QED) is 0.488. The van der Waals surface area contributed by atoms with Gasteiger partial charge in [-0.2, -0.15) is 0 Å². The molecular weight excluding hydrogens is 310 g/mol. The molecule has 0 aliphatic heterocycles. The lowest BCUT2D eigenvalue weighted by atomic mass is 10.2. The van der Waals surface area contributed by atoms with E-state index in [1.54, 1.807) is 0 Å². The Hall–Kier alpha value is -0.660. The van der Waals surface area contributed by atoms with E-state index in [9.17, 15) is 18.5 Å². The lowest BCUT2D eigenvalue weighted by Crippen LogP contribution is -1.97. The number of hydrogen-bond donors (Lipinski definition) is 0. The molecule has 5 nitrogen and oxygen atoms in total. The summed E-state index contributed by atoms with van der Waals surface area (Å²) in [6.45, 7) is 0. The molecule has 0 unspecified atom stereocenters. The van der Waals surface area contributed by atoms with Gasteiger partial charge in [-0.05, 0) is 11.6 Å². The molecule has 0 amide bonds. The number of hydrogen-bond acceptors (Lipinski definition) is 4. The average molecular weight is 315 g/mol. The Morgan fingerprint density at radius 3 is 2.53 bits per heavy atom. The van der Waals surface area contributed by atoms with Gasteiger partial charge in [-0.3, -0.25) is 10.1 Å². The average Bonchev–Trinajstić information content (AvgIpc) is 2.06. The minimum absolute atomic E-state index is 0.173. The van der Waals surface area contributed by atoms with E-state index in [0.717, 1.165) is 0 Å². The van der Waals surface area contributed by atoms with Crippen LogP contribution in [0.25, 0.3) is 0 Å². The van der Waals surface area contributed by atoms with Crippen LogP contribution >= 0.6 is 26.6 Å². The number of benzene rings is 1. The molecule has 0 N–H and O–H groups in total. The first-order chi connectivity index (χ1) is 6.79. The van der Waals surface area contributed by atoms with Crippen molar-refractivity contribution in [3.63, 3.8) is 0 Å². The molecule has 0 aromatic heterocycles. The van der Waals surface area contributed by atoms with E-state index in [-0.39, 0.29) is 11.3 Å². The molecule has 0 aliphatic carbocycles. The first kappa shape index (κ1) is 12.4. The molecule has 8 heteroatoms. The van der Waals surface area contributed by atoms with Crippen LogP contribution in [0.1, 0.15) is 5.56 Å². The summed E-state index contributed by atoms with van der Waals surface area (Å²) in [6, 6.07) is 3.86. The number of rotatable bonds is 3. The fourth-order valence-corrected chi connectivity index (χ4v) is 2.51. The third-order valence-electron chi connectivity index (χ3n) is 1.57. The fraction of sp³-hybridized carbons (Fsp3) is 0.143. The molecule has 0 heterocycles. The maximum absolute atomic E-state index is 10.8. The second kappa shape index (κ2) is 4.46. The van der Waals surface area contributed by atoms with Crippen LogP contribution in [0.5, 0.6) is 0 Å². The lowest BCUT2D eigenvalue weighted by Gasteiger charge is -2.01. The fourth-order valence-electron chi connectivity index (χ4n) is 0.971. The van der Waals surface area contributed by atoms with E-state index in [2.05, 4.69) is 15.9 Å². The summed E-state index contributed by atoms with van der Waals surface area (Å²) in [5, 5.41) is 10.4. The number of nitro benzene ring substituents is 1. The Morgan fingerprint density at radius 2 is 2.07 bits per heavy atom. The van der Waals surface area contributed by atoms with E-state index in [4.69, 9.17) is 10.7 Å². The third-order valence-corrected chi connectivity index (χ3v) is 3.32. The minimum atomic E-state index is -3.72. The van der Waals surface area contributed by atoms with E-state index in [1.165, 1.54) is 18.2 Å². The Kier molecular flexibility index (Phi) is 3.69. The smallest absolute Gasteiger partial charge is 0.258 e. The molecule has 0 atom stereocenters. The van der Waals surface area contributed by atoms with Crippen molar-refractivity contribution in [2.75, 3.05) is 0 Å². The van der Waals surface area contributed by atoms with Crippen molar-refractivity contribution in [2.45, 2.75) is 5.75 Å². The van der Waals surface area contributed by atoms with Gasteiger partial charge in [0.15, 0.2) is 0 Å². The van der Waals surface area contributed by atoms with E-state index in [1.807, 2.05) is 0 Å². The molecule has 0 aliphatic rings. The van der Waals surface area contributed by atoms with E-state index >= 15 is 0 Å². The third kappa shape index (κ3) is 3.77. The largest absolute Gasteiger partial charge is 0.269 e. The van der Waals surface area contributed by atoms with E-state index < -0.39 is 19.7 Å². The summed E-state index contributed by atoms with van der Waals surface area (Å²) < 4.78 is 22.1. The predicted molar refractivity (Wildman–Crippen MR) is 59.3 cm³/mol. The van der Waals surface area contributed by atoms with Crippen molar-refractivity contribution in [2.24, 2.45) is 0 Å². The molecule has 1 rings (SSSR count). The van der Waals surface area contributed by atoms with Gasteiger partial charge in [0.05, 0.1) is 10.7 Å². The number of non-ortho nitro benzene ring substituents is 1. The van der Waals surface area contributed by atoms with E-state index in [0.29, 0.717) is 4.47 Å². The van der Waals surface area contributed by atoms with Crippen molar-refractivity contribution in [3.05, 3.63) is 38.3 Å². The summed E-state index contributed by atoms with van der Waals surface area (Å²) in [4.78, 5) is 9.84. The normalized spacial score (nSPS) is 11.3. The highest BCUT2D eigenvalue weighted by Gasteiger charge is 2.14. The zero-order chi connectivity index (χ0) is 11.6. The zero-order valence-corrected chi connectivity index (χ0v) is 10.3. The second-order valence-corrected chi connectivity index (χ2v) is 6.35. The van der Waals surface area contributed by atoms with Crippen molar-refractivity contribution in [1.29, 1.82) is 0 Å². The number of halogens is 2. The molecule has 15 heavy (non-hydrogen) atoms. The predicted octanol–water partition coefficient (Wildman–Crippen LogP) is 2.43. The van der Waals surface area contributed by atoms with Gasteiger partial charge >= 0.3 is 0 Å². The van der Waals surface area contributed by atoms with Crippen LogP contribution in [0.4, 0.5) is 5.69 Å². The highest BCUT2D eigenvalue weighted by atomic mass is 79.9.